The molecule has 0 saturated heterocycles. The van der Waals surface area contributed by atoms with Gasteiger partial charge in [-0.1, -0.05) is 48.6 Å². The molecule has 2 heteroatoms. The van der Waals surface area contributed by atoms with Gasteiger partial charge < -0.3 is 0 Å². The Balaban J connectivity index is 2.47. The quantitative estimate of drug-likeness (QED) is 0.668. The largest absolute Gasteiger partial charge is 0.192 e. The van der Waals surface area contributed by atoms with Gasteiger partial charge in [0.1, 0.15) is 6.07 Å². The lowest BCUT2D eigenvalue weighted by Crippen LogP contribution is -2.34. The molecule has 1 heterocycles. The molecule has 0 bridgehead atoms. The van der Waals surface area contributed by atoms with Gasteiger partial charge >= 0.3 is 0 Å². The average molecular weight is 223 g/mol. The molecule has 0 aromatic heterocycles. The first-order valence-corrected chi connectivity index (χ1v) is 6.03. The lowest BCUT2D eigenvalue weighted by atomic mass is 10.0. The van der Waals surface area contributed by atoms with E-state index < -0.39 is 0 Å². The van der Waals surface area contributed by atoms with Crippen molar-refractivity contribution in [2.24, 2.45) is 0 Å². The molecule has 0 N–H and O–H groups in total. The normalized spacial score (nSPS) is 21.3. The smallest absolute Gasteiger partial charge is 0.107 e. The Labute approximate surface area is 98.1 Å². The molecule has 3 rings (SSSR count). The highest BCUT2D eigenvalue weighted by molar-refractivity contribution is 8.09. The first-order chi connectivity index (χ1) is 7.90. The van der Waals surface area contributed by atoms with Crippen LogP contribution in [0.25, 0.3) is 10.5 Å². The SMILES string of the molecule is N#CC1=c2ccccc2=C2C=CC=CC2S1. The maximum Gasteiger partial charge on any atom is 0.107 e. The van der Waals surface area contributed by atoms with Crippen molar-refractivity contribution in [1.29, 1.82) is 5.26 Å². The van der Waals surface area contributed by atoms with Crippen LogP contribution in [0.5, 0.6) is 0 Å². The minimum Gasteiger partial charge on any atom is -0.192 e. The fraction of sp³-hybridized carbons (Fsp3) is 0.0714. The molecule has 1 aliphatic carbocycles. The molecule has 1 unspecified atom stereocenters. The number of benzene rings is 1. The Morgan fingerprint density at radius 1 is 1.12 bits per heavy atom. The summed E-state index contributed by atoms with van der Waals surface area (Å²) in [6.07, 6.45) is 8.39. The van der Waals surface area contributed by atoms with Crippen LogP contribution in [0.3, 0.4) is 0 Å². The van der Waals surface area contributed by atoms with E-state index in [9.17, 15) is 0 Å². The fourth-order valence-electron chi connectivity index (χ4n) is 2.08. The zero-order chi connectivity index (χ0) is 11.0. The number of hydrogen-bond donors (Lipinski definition) is 0. The third kappa shape index (κ3) is 1.33. The van der Waals surface area contributed by atoms with Crippen LogP contribution in [-0.2, 0) is 0 Å². The van der Waals surface area contributed by atoms with Crippen LogP contribution in [0.1, 0.15) is 0 Å². The Hall–Kier alpha value is -1.72. The first kappa shape index (κ1) is 9.50. The van der Waals surface area contributed by atoms with Crippen LogP contribution in [0.2, 0.25) is 0 Å². The maximum absolute atomic E-state index is 9.17. The number of hydrogen-bond acceptors (Lipinski definition) is 2. The van der Waals surface area contributed by atoms with Crippen LogP contribution < -0.4 is 10.4 Å². The number of thioether (sulfide) groups is 1. The van der Waals surface area contributed by atoms with E-state index in [1.54, 1.807) is 11.8 Å². The average Bonchev–Trinajstić information content (AvgIpc) is 2.38. The van der Waals surface area contributed by atoms with E-state index in [-0.39, 0.29) is 0 Å². The van der Waals surface area contributed by atoms with Crippen LogP contribution in [0.15, 0.2) is 48.6 Å². The Morgan fingerprint density at radius 2 is 1.94 bits per heavy atom. The van der Waals surface area contributed by atoms with Crippen molar-refractivity contribution >= 4 is 22.2 Å². The van der Waals surface area contributed by atoms with E-state index in [0.29, 0.717) is 5.25 Å². The monoisotopic (exact) mass is 223 g/mol. The third-order valence-electron chi connectivity index (χ3n) is 2.81. The molecule has 1 aliphatic heterocycles. The summed E-state index contributed by atoms with van der Waals surface area (Å²) >= 11 is 1.64. The Kier molecular flexibility index (Phi) is 2.19. The van der Waals surface area contributed by atoms with Gasteiger partial charge in [-0.05, 0) is 10.8 Å². The molecular weight excluding hydrogens is 214 g/mol. The van der Waals surface area contributed by atoms with Crippen molar-refractivity contribution in [3.63, 3.8) is 0 Å². The second-order valence-electron chi connectivity index (χ2n) is 3.72. The molecular formula is C14H9NS. The topological polar surface area (TPSA) is 23.8 Å². The Bertz CT molecular complexity index is 659. The molecule has 1 nitrogen and oxygen atoms in total. The number of nitrogens with zero attached hydrogens (tertiary/aromatic N) is 1. The summed E-state index contributed by atoms with van der Waals surface area (Å²) in [4.78, 5) is 0.823. The second-order valence-corrected chi connectivity index (χ2v) is 4.88. The summed E-state index contributed by atoms with van der Waals surface area (Å²) in [6, 6.07) is 10.4. The summed E-state index contributed by atoms with van der Waals surface area (Å²) in [5, 5.41) is 11.7. The third-order valence-corrected chi connectivity index (χ3v) is 4.02. The highest BCUT2D eigenvalue weighted by atomic mass is 32.2. The Morgan fingerprint density at radius 3 is 2.75 bits per heavy atom. The number of rotatable bonds is 0. The maximum atomic E-state index is 9.17. The molecule has 1 atom stereocenters. The van der Waals surface area contributed by atoms with Crippen LogP contribution in [0.4, 0.5) is 0 Å². The molecule has 0 fully saturated rings. The summed E-state index contributed by atoms with van der Waals surface area (Å²) in [5.74, 6) is 0. The summed E-state index contributed by atoms with van der Waals surface area (Å²) in [6.45, 7) is 0. The number of allylic oxidation sites excluding steroid dienone is 3. The summed E-state index contributed by atoms with van der Waals surface area (Å²) in [7, 11) is 0. The standard InChI is InChI=1S/C14H9NS/c15-9-14-12-7-2-1-5-10(12)11-6-3-4-8-13(11)16-14/h1-8,13H. The first-order valence-electron chi connectivity index (χ1n) is 5.15. The zero-order valence-electron chi connectivity index (χ0n) is 8.55. The van der Waals surface area contributed by atoms with Crippen LogP contribution >= 0.6 is 11.8 Å². The molecule has 0 spiro atoms. The van der Waals surface area contributed by atoms with Gasteiger partial charge in [0, 0.05) is 5.22 Å². The van der Waals surface area contributed by atoms with Crippen molar-refractivity contribution in [3.05, 3.63) is 59.0 Å². The number of nitriles is 1. The molecule has 0 amide bonds. The zero-order valence-corrected chi connectivity index (χ0v) is 9.37. The van der Waals surface area contributed by atoms with E-state index in [2.05, 4.69) is 30.4 Å². The van der Waals surface area contributed by atoms with Gasteiger partial charge in [0.05, 0.1) is 10.2 Å². The molecule has 16 heavy (non-hydrogen) atoms. The van der Waals surface area contributed by atoms with Gasteiger partial charge in [-0.25, -0.2) is 0 Å². The van der Waals surface area contributed by atoms with Gasteiger partial charge in [-0.2, -0.15) is 5.26 Å². The van der Waals surface area contributed by atoms with Gasteiger partial charge in [0.2, 0.25) is 0 Å². The highest BCUT2D eigenvalue weighted by Gasteiger charge is 2.19. The molecule has 1 aromatic rings. The lowest BCUT2D eigenvalue weighted by molar-refractivity contribution is 1.35. The molecule has 2 aliphatic rings. The second kappa shape index (κ2) is 3.70. The van der Waals surface area contributed by atoms with Crippen LogP contribution in [0, 0.1) is 11.3 Å². The van der Waals surface area contributed by atoms with Crippen molar-refractivity contribution < 1.29 is 0 Å². The number of fused-ring (bicyclic) bond motifs is 2. The predicted molar refractivity (Wildman–Crippen MR) is 67.8 cm³/mol. The fourth-order valence-corrected chi connectivity index (χ4v) is 3.19. The van der Waals surface area contributed by atoms with E-state index in [4.69, 9.17) is 5.26 Å². The molecule has 0 saturated carbocycles. The molecule has 0 radical (unpaired) electrons. The van der Waals surface area contributed by atoms with Crippen LogP contribution in [-0.4, -0.2) is 5.25 Å². The van der Waals surface area contributed by atoms with E-state index in [1.165, 1.54) is 10.8 Å². The molecule has 76 valence electrons. The van der Waals surface area contributed by atoms with Crippen molar-refractivity contribution in [1.82, 2.24) is 0 Å². The van der Waals surface area contributed by atoms with Gasteiger partial charge in [0.25, 0.3) is 0 Å². The highest BCUT2D eigenvalue weighted by Crippen LogP contribution is 2.32. The van der Waals surface area contributed by atoms with E-state index in [0.717, 1.165) is 10.1 Å². The van der Waals surface area contributed by atoms with Gasteiger partial charge in [0.15, 0.2) is 0 Å². The summed E-state index contributed by atoms with van der Waals surface area (Å²) in [5.41, 5.74) is 1.31. The molecule has 1 aromatic carbocycles. The lowest BCUT2D eigenvalue weighted by Gasteiger charge is -2.20. The van der Waals surface area contributed by atoms with Crippen molar-refractivity contribution in [2.75, 3.05) is 0 Å². The van der Waals surface area contributed by atoms with Gasteiger partial charge in [-0.3, -0.25) is 0 Å². The minimum atomic E-state index is 0.301. The minimum absolute atomic E-state index is 0.301. The van der Waals surface area contributed by atoms with Crippen molar-refractivity contribution in [3.8, 4) is 6.07 Å². The van der Waals surface area contributed by atoms with Crippen molar-refractivity contribution in [2.45, 2.75) is 5.25 Å². The van der Waals surface area contributed by atoms with E-state index >= 15 is 0 Å². The predicted octanol–water partition coefficient (Wildman–Crippen LogP) is 1.71. The van der Waals surface area contributed by atoms with E-state index in [1.807, 2.05) is 24.3 Å². The summed E-state index contributed by atoms with van der Waals surface area (Å²) < 4.78 is 0. The van der Waals surface area contributed by atoms with Gasteiger partial charge in [-0.15, -0.1) is 11.8 Å².